The van der Waals surface area contributed by atoms with Crippen molar-refractivity contribution in [3.05, 3.63) is 33.8 Å². The topological polar surface area (TPSA) is 57.6 Å². The molecule has 1 aromatic carbocycles. The molecule has 2 unspecified atom stereocenters. The van der Waals surface area contributed by atoms with Crippen LogP contribution in [0.2, 0.25) is 10.0 Å². The number of nitrogens with zero attached hydrogens (tertiary/aromatic N) is 1. The summed E-state index contributed by atoms with van der Waals surface area (Å²) in [5.74, 6) is -1.11. The summed E-state index contributed by atoms with van der Waals surface area (Å²) < 4.78 is 0. The lowest BCUT2D eigenvalue weighted by Gasteiger charge is -2.31. The van der Waals surface area contributed by atoms with Crippen molar-refractivity contribution >= 4 is 35.1 Å². The molecule has 3 atom stereocenters. The van der Waals surface area contributed by atoms with E-state index in [1.165, 1.54) is 0 Å². The van der Waals surface area contributed by atoms with Gasteiger partial charge in [-0.2, -0.15) is 0 Å². The standard InChI is InChI=1S/C16H17Cl2NO3/c17-11-4-10(5-12(18)6-11)13-7-14(13)15(20)19-3-1-2-9(8-19)16(21)22/h4-6,9,13-14H,1-3,7-8H2,(H,21,22)/t9-,13?,14?/m0/s1. The molecule has 0 radical (unpaired) electrons. The first-order chi connectivity index (χ1) is 10.5. The van der Waals surface area contributed by atoms with Gasteiger partial charge in [0, 0.05) is 29.1 Å². The van der Waals surface area contributed by atoms with Crippen molar-refractivity contribution in [2.75, 3.05) is 13.1 Å². The summed E-state index contributed by atoms with van der Waals surface area (Å²) in [4.78, 5) is 25.4. The van der Waals surface area contributed by atoms with Crippen molar-refractivity contribution in [1.82, 2.24) is 4.90 Å². The molecule has 1 saturated heterocycles. The number of piperidine rings is 1. The van der Waals surface area contributed by atoms with Crippen LogP contribution in [0.3, 0.4) is 0 Å². The maximum absolute atomic E-state index is 12.5. The van der Waals surface area contributed by atoms with E-state index < -0.39 is 11.9 Å². The smallest absolute Gasteiger partial charge is 0.308 e. The number of aliphatic carboxylic acids is 1. The van der Waals surface area contributed by atoms with Gasteiger partial charge in [-0.15, -0.1) is 0 Å². The summed E-state index contributed by atoms with van der Waals surface area (Å²) in [7, 11) is 0. The third-order valence-electron chi connectivity index (χ3n) is 4.50. The normalized spacial score (nSPS) is 27.5. The van der Waals surface area contributed by atoms with E-state index in [-0.39, 0.29) is 17.7 Å². The average molecular weight is 342 g/mol. The second kappa shape index (κ2) is 6.09. The van der Waals surface area contributed by atoms with E-state index >= 15 is 0 Å². The zero-order valence-corrected chi connectivity index (χ0v) is 13.5. The molecule has 3 rings (SSSR count). The molecule has 22 heavy (non-hydrogen) atoms. The Morgan fingerprint density at radius 2 is 1.86 bits per heavy atom. The maximum atomic E-state index is 12.5. The zero-order chi connectivity index (χ0) is 15.9. The summed E-state index contributed by atoms with van der Waals surface area (Å²) >= 11 is 12.0. The molecule has 0 bridgehead atoms. The molecule has 1 amide bonds. The van der Waals surface area contributed by atoms with Crippen LogP contribution >= 0.6 is 23.2 Å². The molecule has 118 valence electrons. The Labute approximate surface area is 139 Å². The lowest BCUT2D eigenvalue weighted by atomic mass is 9.97. The number of halogens is 2. The summed E-state index contributed by atoms with van der Waals surface area (Å²) in [6.07, 6.45) is 2.18. The molecule has 1 aliphatic carbocycles. The number of hydrogen-bond donors (Lipinski definition) is 1. The molecule has 1 aromatic rings. The highest BCUT2D eigenvalue weighted by atomic mass is 35.5. The Hall–Kier alpha value is -1.26. The van der Waals surface area contributed by atoms with E-state index in [1.54, 1.807) is 11.0 Å². The lowest BCUT2D eigenvalue weighted by Crippen LogP contribution is -2.43. The maximum Gasteiger partial charge on any atom is 0.308 e. The number of hydrogen-bond acceptors (Lipinski definition) is 2. The zero-order valence-electron chi connectivity index (χ0n) is 12.0. The minimum atomic E-state index is -0.813. The molecular formula is C16H17Cl2NO3. The highest BCUT2D eigenvalue weighted by Crippen LogP contribution is 2.49. The van der Waals surface area contributed by atoms with Crippen molar-refractivity contribution < 1.29 is 14.7 Å². The van der Waals surface area contributed by atoms with Crippen molar-refractivity contribution in [3.8, 4) is 0 Å². The Bertz CT molecular complexity index is 599. The molecule has 0 aromatic heterocycles. The predicted molar refractivity (Wildman–Crippen MR) is 84.2 cm³/mol. The Kier molecular flexibility index (Phi) is 4.33. The van der Waals surface area contributed by atoms with Gasteiger partial charge in [0.2, 0.25) is 5.91 Å². The number of carbonyl (C=O) groups is 2. The third kappa shape index (κ3) is 3.23. The molecule has 2 fully saturated rings. The minimum absolute atomic E-state index is 0.0621. The quantitative estimate of drug-likeness (QED) is 0.916. The van der Waals surface area contributed by atoms with E-state index in [2.05, 4.69) is 0 Å². The van der Waals surface area contributed by atoms with Crippen LogP contribution in [0.15, 0.2) is 18.2 Å². The lowest BCUT2D eigenvalue weighted by molar-refractivity contribution is -0.146. The Morgan fingerprint density at radius 3 is 2.50 bits per heavy atom. The third-order valence-corrected chi connectivity index (χ3v) is 4.94. The van der Waals surface area contributed by atoms with Crippen LogP contribution in [0.5, 0.6) is 0 Å². The number of amides is 1. The number of carboxylic acid groups (broad SMARTS) is 1. The van der Waals surface area contributed by atoms with Crippen LogP contribution in [0.25, 0.3) is 0 Å². The van der Waals surface area contributed by atoms with Crippen molar-refractivity contribution in [2.24, 2.45) is 11.8 Å². The highest BCUT2D eigenvalue weighted by molar-refractivity contribution is 6.34. The molecule has 1 heterocycles. The fraction of sp³-hybridized carbons (Fsp3) is 0.500. The van der Waals surface area contributed by atoms with Gasteiger partial charge < -0.3 is 10.0 Å². The molecule has 1 aliphatic heterocycles. The highest BCUT2D eigenvalue weighted by Gasteiger charge is 2.46. The van der Waals surface area contributed by atoms with E-state index in [1.807, 2.05) is 12.1 Å². The fourth-order valence-corrected chi connectivity index (χ4v) is 3.78. The number of likely N-dealkylation sites (tertiary alicyclic amines) is 1. The van der Waals surface area contributed by atoms with E-state index in [0.717, 1.165) is 18.4 Å². The summed E-state index contributed by atoms with van der Waals surface area (Å²) in [6, 6.07) is 5.37. The molecule has 6 heteroatoms. The van der Waals surface area contributed by atoms with Gasteiger partial charge in [-0.05, 0) is 48.9 Å². The largest absolute Gasteiger partial charge is 0.481 e. The second-order valence-corrected chi connectivity index (χ2v) is 6.99. The van der Waals surface area contributed by atoms with Crippen LogP contribution in [0.1, 0.15) is 30.7 Å². The van der Waals surface area contributed by atoms with Crippen LogP contribution in [0, 0.1) is 11.8 Å². The molecular weight excluding hydrogens is 325 g/mol. The summed E-state index contributed by atoms with van der Waals surface area (Å²) in [5, 5.41) is 10.3. The average Bonchev–Trinajstić information content (AvgIpc) is 3.26. The van der Waals surface area contributed by atoms with Crippen LogP contribution in [-0.4, -0.2) is 35.0 Å². The van der Waals surface area contributed by atoms with Gasteiger partial charge in [0.25, 0.3) is 0 Å². The second-order valence-electron chi connectivity index (χ2n) is 6.11. The molecule has 1 saturated carbocycles. The van der Waals surface area contributed by atoms with Gasteiger partial charge in [-0.1, -0.05) is 23.2 Å². The summed E-state index contributed by atoms with van der Waals surface area (Å²) in [6.45, 7) is 0.982. The van der Waals surface area contributed by atoms with Gasteiger partial charge in [0.05, 0.1) is 5.92 Å². The van der Waals surface area contributed by atoms with Crippen LogP contribution < -0.4 is 0 Å². The predicted octanol–water partition coefficient (Wildman–Crippen LogP) is 3.42. The SMILES string of the molecule is O=C(O)[C@H]1CCCN(C(=O)C2CC2c2cc(Cl)cc(Cl)c2)C1. The van der Waals surface area contributed by atoms with E-state index in [4.69, 9.17) is 28.3 Å². The van der Waals surface area contributed by atoms with Gasteiger partial charge in [-0.25, -0.2) is 0 Å². The van der Waals surface area contributed by atoms with Crippen molar-refractivity contribution in [2.45, 2.75) is 25.2 Å². The summed E-state index contributed by atoms with van der Waals surface area (Å²) in [5.41, 5.74) is 0.989. The first-order valence-corrected chi connectivity index (χ1v) is 8.19. The number of carboxylic acids is 1. The Balaban J connectivity index is 1.66. The molecule has 1 N–H and O–H groups in total. The minimum Gasteiger partial charge on any atom is -0.481 e. The van der Waals surface area contributed by atoms with E-state index in [0.29, 0.717) is 29.6 Å². The monoisotopic (exact) mass is 341 g/mol. The first kappa shape index (κ1) is 15.6. The van der Waals surface area contributed by atoms with Gasteiger partial charge in [0.15, 0.2) is 0 Å². The first-order valence-electron chi connectivity index (χ1n) is 7.43. The van der Waals surface area contributed by atoms with Crippen LogP contribution in [0.4, 0.5) is 0 Å². The number of rotatable bonds is 3. The van der Waals surface area contributed by atoms with Crippen LogP contribution in [-0.2, 0) is 9.59 Å². The fourth-order valence-electron chi connectivity index (χ4n) is 3.24. The number of benzene rings is 1. The number of carbonyl (C=O) groups excluding carboxylic acids is 1. The van der Waals surface area contributed by atoms with Gasteiger partial charge in [-0.3, -0.25) is 9.59 Å². The van der Waals surface area contributed by atoms with Gasteiger partial charge in [0.1, 0.15) is 0 Å². The van der Waals surface area contributed by atoms with Crippen molar-refractivity contribution in [3.63, 3.8) is 0 Å². The molecule has 4 nitrogen and oxygen atoms in total. The molecule has 2 aliphatic rings. The Morgan fingerprint density at radius 1 is 1.18 bits per heavy atom. The van der Waals surface area contributed by atoms with Gasteiger partial charge >= 0.3 is 5.97 Å². The molecule has 0 spiro atoms. The van der Waals surface area contributed by atoms with E-state index in [9.17, 15) is 9.59 Å². The van der Waals surface area contributed by atoms with Crippen molar-refractivity contribution in [1.29, 1.82) is 0 Å².